The minimum absolute atomic E-state index is 0.527. The van der Waals surface area contributed by atoms with E-state index in [1.54, 1.807) is 19.5 Å². The minimum atomic E-state index is 0.527. The van der Waals surface area contributed by atoms with Gasteiger partial charge in [0.15, 0.2) is 0 Å². The fraction of sp³-hybridized carbons (Fsp3) is 0.364. The van der Waals surface area contributed by atoms with Gasteiger partial charge in [0.25, 0.3) is 0 Å². The zero-order chi connectivity index (χ0) is 12.8. The van der Waals surface area contributed by atoms with E-state index in [1.165, 1.54) is 0 Å². The largest absolute Gasteiger partial charge is 0.480 e. The van der Waals surface area contributed by atoms with Crippen LogP contribution in [0.3, 0.4) is 0 Å². The van der Waals surface area contributed by atoms with Crippen LogP contribution in [0.4, 0.5) is 5.95 Å². The lowest BCUT2D eigenvalue weighted by Gasteiger charge is -2.07. The van der Waals surface area contributed by atoms with Crippen LogP contribution in [0.15, 0.2) is 29.1 Å². The molecular weight excluding hydrogens is 298 g/mol. The Kier molecular flexibility index (Phi) is 4.52. The van der Waals surface area contributed by atoms with Crippen LogP contribution in [0.1, 0.15) is 6.42 Å². The van der Waals surface area contributed by atoms with E-state index in [-0.39, 0.29) is 0 Å². The van der Waals surface area contributed by atoms with Crippen LogP contribution in [-0.4, -0.2) is 33.4 Å². The molecule has 0 bridgehead atoms. The van der Waals surface area contributed by atoms with Crippen molar-refractivity contribution in [1.29, 1.82) is 0 Å². The number of hydrogen-bond donors (Lipinski definition) is 1. The van der Waals surface area contributed by atoms with E-state index in [1.807, 2.05) is 16.9 Å². The number of aromatic nitrogens is 4. The number of methoxy groups -OCH3 is 1. The van der Waals surface area contributed by atoms with Crippen LogP contribution in [0.2, 0.25) is 0 Å². The lowest BCUT2D eigenvalue weighted by molar-refractivity contribution is 0.394. The third kappa shape index (κ3) is 3.43. The molecule has 0 aliphatic carbocycles. The van der Waals surface area contributed by atoms with Gasteiger partial charge in [-0.15, -0.1) is 0 Å². The van der Waals surface area contributed by atoms with Gasteiger partial charge in [-0.05, 0) is 28.4 Å². The van der Waals surface area contributed by atoms with E-state index in [2.05, 4.69) is 36.3 Å². The Morgan fingerprint density at radius 2 is 2.39 bits per heavy atom. The minimum Gasteiger partial charge on any atom is -0.480 e. The van der Waals surface area contributed by atoms with Crippen molar-refractivity contribution < 1.29 is 4.74 Å². The first-order chi connectivity index (χ1) is 8.79. The molecule has 2 rings (SSSR count). The number of rotatable bonds is 6. The Morgan fingerprint density at radius 3 is 3.11 bits per heavy atom. The molecule has 6 nitrogen and oxygen atoms in total. The summed E-state index contributed by atoms with van der Waals surface area (Å²) in [6.45, 7) is 1.65. The maximum Gasteiger partial charge on any atom is 0.232 e. The van der Waals surface area contributed by atoms with Crippen LogP contribution in [0, 0.1) is 0 Å². The summed E-state index contributed by atoms with van der Waals surface area (Å²) >= 11 is 3.31. The molecule has 0 spiro atoms. The number of anilines is 1. The molecule has 0 aliphatic rings. The molecular formula is C11H14BrN5O. The molecule has 0 atom stereocenters. The third-order valence-electron chi connectivity index (χ3n) is 2.31. The van der Waals surface area contributed by atoms with Crippen molar-refractivity contribution >= 4 is 21.9 Å². The molecule has 0 aliphatic heterocycles. The number of nitrogens with one attached hydrogen (secondary N) is 1. The normalized spacial score (nSPS) is 10.3. The lowest BCUT2D eigenvalue weighted by atomic mass is 10.4. The van der Waals surface area contributed by atoms with E-state index in [9.17, 15) is 0 Å². The SMILES string of the molecule is COc1nc(NCCCn2cccn2)ncc1Br. The summed E-state index contributed by atoms with van der Waals surface area (Å²) in [5, 5.41) is 7.28. The Labute approximate surface area is 114 Å². The predicted molar refractivity (Wildman–Crippen MR) is 71.6 cm³/mol. The Balaban J connectivity index is 1.79. The monoisotopic (exact) mass is 311 g/mol. The van der Waals surface area contributed by atoms with E-state index in [0.717, 1.165) is 24.0 Å². The molecule has 2 aromatic heterocycles. The van der Waals surface area contributed by atoms with Crippen LogP contribution in [0.5, 0.6) is 5.88 Å². The van der Waals surface area contributed by atoms with Crippen LogP contribution in [-0.2, 0) is 6.54 Å². The van der Waals surface area contributed by atoms with Crippen LogP contribution < -0.4 is 10.1 Å². The van der Waals surface area contributed by atoms with Gasteiger partial charge < -0.3 is 10.1 Å². The first-order valence-electron chi connectivity index (χ1n) is 5.57. The van der Waals surface area contributed by atoms with Gasteiger partial charge in [0.1, 0.15) is 0 Å². The van der Waals surface area contributed by atoms with Crippen molar-refractivity contribution in [1.82, 2.24) is 19.7 Å². The molecule has 0 amide bonds. The first-order valence-corrected chi connectivity index (χ1v) is 6.36. The van der Waals surface area contributed by atoms with Gasteiger partial charge in [0, 0.05) is 25.5 Å². The predicted octanol–water partition coefficient (Wildman–Crippen LogP) is 1.95. The van der Waals surface area contributed by atoms with Gasteiger partial charge in [0.2, 0.25) is 11.8 Å². The summed E-state index contributed by atoms with van der Waals surface area (Å²) in [6, 6.07) is 1.91. The Bertz CT molecular complexity index is 488. The molecule has 2 aromatic rings. The van der Waals surface area contributed by atoms with Gasteiger partial charge in [-0.3, -0.25) is 4.68 Å². The molecule has 96 valence electrons. The van der Waals surface area contributed by atoms with Gasteiger partial charge in [-0.1, -0.05) is 0 Å². The molecule has 18 heavy (non-hydrogen) atoms. The van der Waals surface area contributed by atoms with Crippen molar-refractivity contribution in [2.45, 2.75) is 13.0 Å². The maximum atomic E-state index is 5.10. The molecule has 2 heterocycles. The van der Waals surface area contributed by atoms with E-state index < -0.39 is 0 Å². The van der Waals surface area contributed by atoms with Gasteiger partial charge in [-0.25, -0.2) is 4.98 Å². The molecule has 1 N–H and O–H groups in total. The Morgan fingerprint density at radius 1 is 1.50 bits per heavy atom. The standard InChI is InChI=1S/C11H14BrN5O/c1-18-10-9(12)8-14-11(16-10)13-4-2-6-17-7-3-5-15-17/h3,5,7-8H,2,4,6H2,1H3,(H,13,14,16). The lowest BCUT2D eigenvalue weighted by Crippen LogP contribution is -2.09. The average Bonchev–Trinajstić information content (AvgIpc) is 2.89. The average molecular weight is 312 g/mol. The molecule has 0 saturated heterocycles. The van der Waals surface area contributed by atoms with Gasteiger partial charge >= 0.3 is 0 Å². The topological polar surface area (TPSA) is 64.9 Å². The molecule has 0 aromatic carbocycles. The van der Waals surface area contributed by atoms with Crippen LogP contribution in [0.25, 0.3) is 0 Å². The smallest absolute Gasteiger partial charge is 0.232 e. The van der Waals surface area contributed by atoms with Gasteiger partial charge in [-0.2, -0.15) is 10.1 Å². The number of aryl methyl sites for hydroxylation is 1. The third-order valence-corrected chi connectivity index (χ3v) is 2.86. The number of hydrogen-bond acceptors (Lipinski definition) is 5. The van der Waals surface area contributed by atoms with Crippen molar-refractivity contribution in [2.75, 3.05) is 19.0 Å². The van der Waals surface area contributed by atoms with E-state index in [4.69, 9.17) is 4.74 Å². The second-order valence-electron chi connectivity index (χ2n) is 3.60. The number of ether oxygens (including phenoxy) is 1. The van der Waals surface area contributed by atoms with E-state index in [0.29, 0.717) is 11.8 Å². The van der Waals surface area contributed by atoms with Crippen LogP contribution >= 0.6 is 15.9 Å². The fourth-order valence-corrected chi connectivity index (χ4v) is 1.81. The highest BCUT2D eigenvalue weighted by molar-refractivity contribution is 9.10. The second kappa shape index (κ2) is 6.34. The zero-order valence-corrected chi connectivity index (χ0v) is 11.6. The highest BCUT2D eigenvalue weighted by Gasteiger charge is 2.04. The highest BCUT2D eigenvalue weighted by Crippen LogP contribution is 2.21. The summed E-state index contributed by atoms with van der Waals surface area (Å²) in [5.41, 5.74) is 0. The van der Waals surface area contributed by atoms with E-state index >= 15 is 0 Å². The molecule has 0 radical (unpaired) electrons. The molecule has 0 unspecified atom stereocenters. The summed E-state index contributed by atoms with van der Waals surface area (Å²) in [5.74, 6) is 1.09. The maximum absolute atomic E-state index is 5.10. The molecule has 0 saturated carbocycles. The second-order valence-corrected chi connectivity index (χ2v) is 4.45. The summed E-state index contributed by atoms with van der Waals surface area (Å²) in [4.78, 5) is 8.36. The Hall–Kier alpha value is -1.63. The number of halogens is 1. The summed E-state index contributed by atoms with van der Waals surface area (Å²) < 4.78 is 7.73. The first kappa shape index (κ1) is 12.8. The summed E-state index contributed by atoms with van der Waals surface area (Å²) in [6.07, 6.45) is 6.33. The highest BCUT2D eigenvalue weighted by atomic mass is 79.9. The van der Waals surface area contributed by atoms with Crippen molar-refractivity contribution in [3.8, 4) is 5.88 Å². The molecule has 0 fully saturated rings. The summed E-state index contributed by atoms with van der Waals surface area (Å²) in [7, 11) is 1.58. The molecule has 7 heteroatoms. The zero-order valence-electron chi connectivity index (χ0n) is 10.0. The fourth-order valence-electron chi connectivity index (χ4n) is 1.45. The van der Waals surface area contributed by atoms with Crippen molar-refractivity contribution in [3.63, 3.8) is 0 Å². The van der Waals surface area contributed by atoms with Gasteiger partial charge in [0.05, 0.1) is 17.8 Å². The quantitative estimate of drug-likeness (QED) is 0.826. The van der Waals surface area contributed by atoms with Crippen molar-refractivity contribution in [3.05, 3.63) is 29.1 Å². The number of nitrogens with zero attached hydrogens (tertiary/aromatic N) is 4. The van der Waals surface area contributed by atoms with Crippen molar-refractivity contribution in [2.24, 2.45) is 0 Å².